The largest absolute Gasteiger partial charge is 0.381 e. The Kier molecular flexibility index (Phi) is 4.37. The van der Waals surface area contributed by atoms with Crippen LogP contribution in [-0.4, -0.2) is 25.8 Å². The molecule has 1 N–H and O–H groups in total. The maximum Gasteiger partial charge on any atom is 0.0480 e. The van der Waals surface area contributed by atoms with Crippen LogP contribution in [0.2, 0.25) is 0 Å². The highest BCUT2D eigenvalue weighted by molar-refractivity contribution is 5.25. The van der Waals surface area contributed by atoms with Crippen LogP contribution in [0, 0.1) is 6.92 Å². The summed E-state index contributed by atoms with van der Waals surface area (Å²) < 4.78 is 5.34. The van der Waals surface area contributed by atoms with Gasteiger partial charge in [0, 0.05) is 19.3 Å². The van der Waals surface area contributed by atoms with E-state index in [0.717, 1.165) is 39.0 Å². The van der Waals surface area contributed by atoms with E-state index in [1.165, 1.54) is 11.1 Å². The zero-order valence-electron chi connectivity index (χ0n) is 10.0. The molecule has 88 valence electrons. The van der Waals surface area contributed by atoms with Gasteiger partial charge < -0.3 is 10.1 Å². The fourth-order valence-electron chi connectivity index (χ4n) is 2.20. The average molecular weight is 219 g/mol. The maximum atomic E-state index is 5.34. The number of hydrogen-bond acceptors (Lipinski definition) is 2. The molecule has 0 spiro atoms. The fourth-order valence-corrected chi connectivity index (χ4v) is 2.20. The zero-order chi connectivity index (χ0) is 11.2. The molecule has 2 nitrogen and oxygen atoms in total. The van der Waals surface area contributed by atoms with Gasteiger partial charge in [-0.2, -0.15) is 0 Å². The lowest BCUT2D eigenvalue weighted by atomic mass is 10.0. The molecule has 1 heterocycles. The van der Waals surface area contributed by atoms with E-state index in [2.05, 4.69) is 36.5 Å². The van der Waals surface area contributed by atoms with E-state index in [1.807, 2.05) is 0 Å². The SMILES string of the molecule is Cc1ccccc1CCNC1CCOCC1. The maximum absolute atomic E-state index is 5.34. The Morgan fingerprint density at radius 3 is 2.75 bits per heavy atom. The highest BCUT2D eigenvalue weighted by Gasteiger charge is 2.12. The molecule has 2 rings (SSSR count). The summed E-state index contributed by atoms with van der Waals surface area (Å²) in [6.45, 7) is 5.10. The molecule has 0 bridgehead atoms. The first kappa shape index (κ1) is 11.6. The Morgan fingerprint density at radius 2 is 2.00 bits per heavy atom. The molecule has 1 saturated heterocycles. The van der Waals surface area contributed by atoms with Crippen molar-refractivity contribution in [1.82, 2.24) is 5.32 Å². The monoisotopic (exact) mass is 219 g/mol. The van der Waals surface area contributed by atoms with Gasteiger partial charge in [0.15, 0.2) is 0 Å². The molecule has 0 radical (unpaired) electrons. The van der Waals surface area contributed by atoms with E-state index in [1.54, 1.807) is 0 Å². The van der Waals surface area contributed by atoms with Gasteiger partial charge in [0.1, 0.15) is 0 Å². The van der Waals surface area contributed by atoms with Crippen molar-refractivity contribution in [2.45, 2.75) is 32.2 Å². The standard InChI is InChI=1S/C14H21NO/c1-12-4-2-3-5-13(12)6-9-15-14-7-10-16-11-8-14/h2-5,14-15H,6-11H2,1H3. The van der Waals surface area contributed by atoms with E-state index in [4.69, 9.17) is 4.74 Å². The summed E-state index contributed by atoms with van der Waals surface area (Å²) in [6.07, 6.45) is 3.45. The number of ether oxygens (including phenoxy) is 1. The van der Waals surface area contributed by atoms with Gasteiger partial charge in [-0.3, -0.25) is 0 Å². The number of rotatable bonds is 4. The summed E-state index contributed by atoms with van der Waals surface area (Å²) >= 11 is 0. The Morgan fingerprint density at radius 1 is 1.25 bits per heavy atom. The fraction of sp³-hybridized carbons (Fsp3) is 0.571. The first-order valence-corrected chi connectivity index (χ1v) is 6.22. The zero-order valence-corrected chi connectivity index (χ0v) is 10.0. The van der Waals surface area contributed by atoms with E-state index in [9.17, 15) is 0 Å². The second-order valence-corrected chi connectivity index (χ2v) is 4.52. The van der Waals surface area contributed by atoms with E-state index in [0.29, 0.717) is 6.04 Å². The number of aryl methyl sites for hydroxylation is 1. The Hall–Kier alpha value is -0.860. The second kappa shape index (κ2) is 6.02. The first-order chi connectivity index (χ1) is 7.86. The molecular weight excluding hydrogens is 198 g/mol. The van der Waals surface area contributed by atoms with Crippen molar-refractivity contribution in [3.05, 3.63) is 35.4 Å². The van der Waals surface area contributed by atoms with Gasteiger partial charge in [-0.15, -0.1) is 0 Å². The van der Waals surface area contributed by atoms with Gasteiger partial charge in [0.05, 0.1) is 0 Å². The van der Waals surface area contributed by atoms with Crippen LogP contribution < -0.4 is 5.32 Å². The minimum Gasteiger partial charge on any atom is -0.381 e. The third-order valence-corrected chi connectivity index (χ3v) is 3.31. The van der Waals surface area contributed by atoms with Crippen LogP contribution >= 0.6 is 0 Å². The van der Waals surface area contributed by atoms with Crippen molar-refractivity contribution in [2.75, 3.05) is 19.8 Å². The number of nitrogens with one attached hydrogen (secondary N) is 1. The molecule has 1 fully saturated rings. The molecule has 1 aliphatic rings. The minimum atomic E-state index is 0.665. The van der Waals surface area contributed by atoms with Crippen molar-refractivity contribution < 1.29 is 4.74 Å². The third-order valence-electron chi connectivity index (χ3n) is 3.31. The van der Waals surface area contributed by atoms with Crippen molar-refractivity contribution in [1.29, 1.82) is 0 Å². The average Bonchev–Trinajstić information content (AvgIpc) is 2.33. The molecule has 16 heavy (non-hydrogen) atoms. The van der Waals surface area contributed by atoms with Gasteiger partial charge in [-0.25, -0.2) is 0 Å². The third kappa shape index (κ3) is 3.32. The lowest BCUT2D eigenvalue weighted by Gasteiger charge is -2.23. The summed E-state index contributed by atoms with van der Waals surface area (Å²) in [7, 11) is 0. The second-order valence-electron chi connectivity index (χ2n) is 4.52. The van der Waals surface area contributed by atoms with Crippen LogP contribution in [0.25, 0.3) is 0 Å². The van der Waals surface area contributed by atoms with E-state index < -0.39 is 0 Å². The highest BCUT2D eigenvalue weighted by Crippen LogP contribution is 2.09. The van der Waals surface area contributed by atoms with Gasteiger partial charge in [0.25, 0.3) is 0 Å². The summed E-state index contributed by atoms with van der Waals surface area (Å²) in [4.78, 5) is 0. The van der Waals surface area contributed by atoms with Gasteiger partial charge >= 0.3 is 0 Å². The summed E-state index contributed by atoms with van der Waals surface area (Å²) in [6, 6.07) is 9.30. The van der Waals surface area contributed by atoms with Crippen molar-refractivity contribution in [2.24, 2.45) is 0 Å². The van der Waals surface area contributed by atoms with Crippen LogP contribution in [0.3, 0.4) is 0 Å². The van der Waals surface area contributed by atoms with Crippen LogP contribution in [-0.2, 0) is 11.2 Å². The Labute approximate surface area is 98.0 Å². The first-order valence-electron chi connectivity index (χ1n) is 6.22. The quantitative estimate of drug-likeness (QED) is 0.839. The predicted molar refractivity (Wildman–Crippen MR) is 66.7 cm³/mol. The van der Waals surface area contributed by atoms with Crippen LogP contribution in [0.5, 0.6) is 0 Å². The van der Waals surface area contributed by atoms with E-state index in [-0.39, 0.29) is 0 Å². The highest BCUT2D eigenvalue weighted by atomic mass is 16.5. The lowest BCUT2D eigenvalue weighted by molar-refractivity contribution is 0.0782. The Bertz CT molecular complexity index is 318. The molecule has 0 saturated carbocycles. The van der Waals surface area contributed by atoms with Crippen molar-refractivity contribution >= 4 is 0 Å². The molecule has 1 aromatic rings. The van der Waals surface area contributed by atoms with Crippen molar-refractivity contribution in [3.63, 3.8) is 0 Å². The van der Waals surface area contributed by atoms with Gasteiger partial charge in [0.2, 0.25) is 0 Å². The normalized spacial score (nSPS) is 17.6. The van der Waals surface area contributed by atoms with Gasteiger partial charge in [-0.05, 0) is 43.9 Å². The topological polar surface area (TPSA) is 21.3 Å². The Balaban J connectivity index is 1.73. The lowest BCUT2D eigenvalue weighted by Crippen LogP contribution is -2.35. The molecular formula is C14H21NO. The summed E-state index contributed by atoms with van der Waals surface area (Å²) in [5, 5.41) is 3.62. The number of benzene rings is 1. The van der Waals surface area contributed by atoms with Crippen molar-refractivity contribution in [3.8, 4) is 0 Å². The molecule has 2 heteroatoms. The molecule has 0 aromatic heterocycles. The molecule has 0 unspecified atom stereocenters. The van der Waals surface area contributed by atoms with Crippen LogP contribution in [0.4, 0.5) is 0 Å². The summed E-state index contributed by atoms with van der Waals surface area (Å²) in [5.41, 5.74) is 2.86. The van der Waals surface area contributed by atoms with Crippen LogP contribution in [0.1, 0.15) is 24.0 Å². The number of hydrogen-bond donors (Lipinski definition) is 1. The van der Waals surface area contributed by atoms with Crippen LogP contribution in [0.15, 0.2) is 24.3 Å². The van der Waals surface area contributed by atoms with Gasteiger partial charge in [-0.1, -0.05) is 24.3 Å². The smallest absolute Gasteiger partial charge is 0.0480 e. The molecule has 1 aromatic carbocycles. The predicted octanol–water partition coefficient (Wildman–Crippen LogP) is 2.31. The minimum absolute atomic E-state index is 0.665. The summed E-state index contributed by atoms with van der Waals surface area (Å²) in [5.74, 6) is 0. The molecule has 0 amide bonds. The molecule has 0 aliphatic carbocycles. The molecule has 0 atom stereocenters. The molecule has 1 aliphatic heterocycles. The van der Waals surface area contributed by atoms with E-state index >= 15 is 0 Å².